The van der Waals surface area contributed by atoms with Gasteiger partial charge >= 0.3 is 0 Å². The Labute approximate surface area is 69.8 Å². The highest BCUT2D eigenvalue weighted by molar-refractivity contribution is 4.87. The average Bonchev–Trinajstić information content (AvgIpc) is 1.81. The Bertz CT molecular complexity index is 140. The van der Waals surface area contributed by atoms with Crippen molar-refractivity contribution in [2.24, 2.45) is 17.3 Å². The van der Waals surface area contributed by atoms with E-state index in [1.54, 1.807) is 0 Å². The van der Waals surface area contributed by atoms with Gasteiger partial charge in [0.2, 0.25) is 0 Å². The summed E-state index contributed by atoms with van der Waals surface area (Å²) in [5.41, 5.74) is 0.330. The number of aliphatic hydroxyl groups is 1. The van der Waals surface area contributed by atoms with Crippen LogP contribution in [0.5, 0.6) is 0 Å². The van der Waals surface area contributed by atoms with Gasteiger partial charge in [0.15, 0.2) is 0 Å². The molecule has 1 aliphatic carbocycles. The van der Waals surface area contributed by atoms with E-state index >= 15 is 0 Å². The van der Waals surface area contributed by atoms with Crippen molar-refractivity contribution in [1.29, 1.82) is 0 Å². The summed E-state index contributed by atoms with van der Waals surface area (Å²) in [6.45, 7) is 9.07. The molecule has 1 fully saturated rings. The lowest BCUT2D eigenvalue weighted by atomic mass is 9.64. The van der Waals surface area contributed by atoms with Crippen LogP contribution in [0.2, 0.25) is 0 Å². The van der Waals surface area contributed by atoms with Crippen molar-refractivity contribution in [2.45, 2.75) is 46.6 Å². The summed E-state index contributed by atoms with van der Waals surface area (Å²) in [5, 5.41) is 9.53. The summed E-state index contributed by atoms with van der Waals surface area (Å²) in [6, 6.07) is 0. The van der Waals surface area contributed by atoms with Crippen LogP contribution in [0.4, 0.5) is 0 Å². The molecule has 0 spiro atoms. The van der Waals surface area contributed by atoms with Crippen LogP contribution < -0.4 is 0 Å². The molecule has 0 bridgehead atoms. The summed E-state index contributed by atoms with van der Waals surface area (Å²) >= 11 is 0. The molecule has 1 heteroatoms. The largest absolute Gasteiger partial charge is 0.393 e. The van der Waals surface area contributed by atoms with Crippen LogP contribution in [0.1, 0.15) is 40.5 Å². The molecular weight excluding hydrogens is 136 g/mol. The molecule has 1 nitrogen and oxygen atoms in total. The summed E-state index contributed by atoms with van der Waals surface area (Å²) < 4.78 is 0. The molecule has 1 saturated carbocycles. The van der Waals surface area contributed by atoms with Crippen molar-refractivity contribution in [3.8, 4) is 0 Å². The lowest BCUT2D eigenvalue weighted by Crippen LogP contribution is -2.38. The van der Waals surface area contributed by atoms with Crippen LogP contribution in [-0.2, 0) is 0 Å². The molecule has 0 saturated heterocycles. The molecule has 1 N–H and O–H groups in total. The third kappa shape index (κ3) is 1.76. The van der Waals surface area contributed by atoms with Gasteiger partial charge < -0.3 is 5.11 Å². The van der Waals surface area contributed by atoms with Gasteiger partial charge in [-0.2, -0.15) is 0 Å². The van der Waals surface area contributed by atoms with Crippen molar-refractivity contribution >= 4 is 0 Å². The van der Waals surface area contributed by atoms with Gasteiger partial charge in [-0.05, 0) is 30.1 Å². The number of hydrogen-bond donors (Lipinski definition) is 1. The van der Waals surface area contributed by atoms with E-state index in [-0.39, 0.29) is 6.10 Å². The second-order valence-corrected chi connectivity index (χ2v) is 4.85. The smallest absolute Gasteiger partial charge is 0.0548 e. The van der Waals surface area contributed by atoms with Gasteiger partial charge in [0.1, 0.15) is 0 Å². The van der Waals surface area contributed by atoms with Crippen molar-refractivity contribution < 1.29 is 5.11 Å². The summed E-state index contributed by atoms with van der Waals surface area (Å²) in [6.07, 6.45) is 1.90. The molecule has 0 heterocycles. The highest BCUT2D eigenvalue weighted by atomic mass is 16.3. The molecule has 2 unspecified atom stereocenters. The SMILES string of the molecule is CC1C[C@@H](O)CC(C)(C)C1C. The van der Waals surface area contributed by atoms with Crippen LogP contribution in [0.25, 0.3) is 0 Å². The van der Waals surface area contributed by atoms with E-state index < -0.39 is 0 Å². The molecule has 66 valence electrons. The van der Waals surface area contributed by atoms with Gasteiger partial charge in [-0.25, -0.2) is 0 Å². The molecule has 11 heavy (non-hydrogen) atoms. The molecule has 0 aromatic rings. The van der Waals surface area contributed by atoms with E-state index in [0.717, 1.165) is 18.8 Å². The van der Waals surface area contributed by atoms with Crippen LogP contribution in [0.15, 0.2) is 0 Å². The first kappa shape index (κ1) is 9.05. The first-order chi connectivity index (χ1) is 4.93. The Morgan fingerprint density at radius 1 is 1.27 bits per heavy atom. The zero-order valence-corrected chi connectivity index (χ0v) is 8.09. The Balaban J connectivity index is 2.67. The first-order valence-electron chi connectivity index (χ1n) is 4.61. The van der Waals surface area contributed by atoms with E-state index in [1.165, 1.54) is 0 Å². The Hall–Kier alpha value is -0.0400. The zero-order valence-electron chi connectivity index (χ0n) is 8.09. The third-order valence-electron chi connectivity index (χ3n) is 3.49. The van der Waals surface area contributed by atoms with Crippen LogP contribution >= 0.6 is 0 Å². The van der Waals surface area contributed by atoms with Gasteiger partial charge in [-0.3, -0.25) is 0 Å². The predicted molar refractivity (Wildman–Crippen MR) is 47.3 cm³/mol. The van der Waals surface area contributed by atoms with E-state index in [1.807, 2.05) is 0 Å². The molecule has 0 aromatic heterocycles. The molecular formula is C10H20O. The molecule has 0 aromatic carbocycles. The van der Waals surface area contributed by atoms with Crippen molar-refractivity contribution in [1.82, 2.24) is 0 Å². The van der Waals surface area contributed by atoms with E-state index in [9.17, 15) is 5.11 Å². The monoisotopic (exact) mass is 156 g/mol. The molecule has 3 atom stereocenters. The maximum absolute atomic E-state index is 9.53. The van der Waals surface area contributed by atoms with Crippen LogP contribution in [0.3, 0.4) is 0 Å². The number of aliphatic hydroxyl groups excluding tert-OH is 1. The minimum Gasteiger partial charge on any atom is -0.393 e. The lowest BCUT2D eigenvalue weighted by Gasteiger charge is -2.43. The third-order valence-corrected chi connectivity index (χ3v) is 3.49. The van der Waals surface area contributed by atoms with Gasteiger partial charge in [0.05, 0.1) is 6.10 Å². The fraction of sp³-hybridized carbons (Fsp3) is 1.00. The van der Waals surface area contributed by atoms with Crippen molar-refractivity contribution in [3.05, 3.63) is 0 Å². The Morgan fingerprint density at radius 2 is 1.82 bits per heavy atom. The summed E-state index contributed by atoms with van der Waals surface area (Å²) in [4.78, 5) is 0. The maximum atomic E-state index is 9.53. The minimum absolute atomic E-state index is 0.0591. The summed E-state index contributed by atoms with van der Waals surface area (Å²) in [7, 11) is 0. The highest BCUT2D eigenvalue weighted by Crippen LogP contribution is 2.43. The second kappa shape index (κ2) is 2.78. The second-order valence-electron chi connectivity index (χ2n) is 4.85. The Morgan fingerprint density at radius 3 is 2.27 bits per heavy atom. The quantitative estimate of drug-likeness (QED) is 0.571. The van der Waals surface area contributed by atoms with Gasteiger partial charge in [0, 0.05) is 0 Å². The van der Waals surface area contributed by atoms with Crippen LogP contribution in [0, 0.1) is 17.3 Å². The zero-order chi connectivity index (χ0) is 8.65. The Kier molecular flexibility index (Phi) is 2.29. The topological polar surface area (TPSA) is 20.2 Å². The average molecular weight is 156 g/mol. The number of rotatable bonds is 0. The normalized spacial score (nSPS) is 43.9. The summed E-state index contributed by atoms with van der Waals surface area (Å²) in [5.74, 6) is 1.42. The van der Waals surface area contributed by atoms with Gasteiger partial charge in [0.25, 0.3) is 0 Å². The van der Waals surface area contributed by atoms with E-state index in [0.29, 0.717) is 11.3 Å². The van der Waals surface area contributed by atoms with Crippen LogP contribution in [-0.4, -0.2) is 11.2 Å². The molecule has 1 aliphatic rings. The van der Waals surface area contributed by atoms with E-state index in [2.05, 4.69) is 27.7 Å². The van der Waals surface area contributed by atoms with Gasteiger partial charge in [-0.15, -0.1) is 0 Å². The molecule has 1 rings (SSSR count). The molecule has 0 amide bonds. The fourth-order valence-corrected chi connectivity index (χ4v) is 2.28. The maximum Gasteiger partial charge on any atom is 0.0548 e. The fourth-order valence-electron chi connectivity index (χ4n) is 2.28. The predicted octanol–water partition coefficient (Wildman–Crippen LogP) is 2.44. The van der Waals surface area contributed by atoms with Crippen molar-refractivity contribution in [3.63, 3.8) is 0 Å². The van der Waals surface area contributed by atoms with Crippen molar-refractivity contribution in [2.75, 3.05) is 0 Å². The molecule has 0 aliphatic heterocycles. The first-order valence-corrected chi connectivity index (χ1v) is 4.61. The molecule has 0 radical (unpaired) electrons. The minimum atomic E-state index is -0.0591. The number of hydrogen-bond acceptors (Lipinski definition) is 1. The standard InChI is InChI=1S/C10H20O/c1-7-5-9(11)6-10(3,4)8(7)2/h7-9,11H,5-6H2,1-4H3/t7?,8?,9-/m1/s1. The lowest BCUT2D eigenvalue weighted by molar-refractivity contribution is -0.00385. The van der Waals surface area contributed by atoms with Gasteiger partial charge in [-0.1, -0.05) is 27.7 Å². The van der Waals surface area contributed by atoms with E-state index in [4.69, 9.17) is 0 Å². The highest BCUT2D eigenvalue weighted by Gasteiger charge is 2.37.